The highest BCUT2D eigenvalue weighted by Gasteiger charge is 2.30. The molecule has 2 saturated heterocycles. The maximum absolute atomic E-state index is 11.8. The third-order valence-electron chi connectivity index (χ3n) is 5.17. The Morgan fingerprint density at radius 1 is 1.19 bits per heavy atom. The summed E-state index contributed by atoms with van der Waals surface area (Å²) >= 11 is 0. The maximum atomic E-state index is 11.8. The summed E-state index contributed by atoms with van der Waals surface area (Å²) in [6, 6.07) is 10.5. The second-order valence-electron chi connectivity index (χ2n) is 7.78. The number of hydrogen-bond acceptors (Lipinski definition) is 4. The van der Waals surface area contributed by atoms with Gasteiger partial charge in [0, 0.05) is 12.1 Å². The summed E-state index contributed by atoms with van der Waals surface area (Å²) in [6.07, 6.45) is 4.75. The quantitative estimate of drug-likeness (QED) is 0.663. The number of nitrogens with one attached hydrogen (secondary N) is 3. The molecule has 5 atom stereocenters. The van der Waals surface area contributed by atoms with Crippen LogP contribution >= 0.6 is 12.4 Å². The fraction of sp³-hybridized carbons (Fsp3) is 0.684. The Kier molecular flexibility index (Phi) is 8.52. The Morgan fingerprint density at radius 2 is 1.93 bits per heavy atom. The van der Waals surface area contributed by atoms with Crippen LogP contribution < -0.4 is 14.8 Å². The highest BCUT2D eigenvalue weighted by Crippen LogP contribution is 2.23. The van der Waals surface area contributed by atoms with Crippen molar-refractivity contribution in [3.8, 4) is 0 Å². The van der Waals surface area contributed by atoms with E-state index in [9.17, 15) is 8.42 Å². The van der Waals surface area contributed by atoms with Crippen LogP contribution in [0.4, 0.5) is 0 Å². The number of rotatable bonds is 6. The molecule has 1 aromatic rings. The molecule has 8 heteroatoms. The van der Waals surface area contributed by atoms with E-state index >= 15 is 0 Å². The highest BCUT2D eigenvalue weighted by molar-refractivity contribution is 7.87. The number of halogens is 1. The van der Waals surface area contributed by atoms with Gasteiger partial charge in [-0.3, -0.25) is 5.32 Å². The first-order valence-corrected chi connectivity index (χ1v) is 11.1. The minimum Gasteiger partial charge on any atom is -0.360 e. The number of benzene rings is 1. The molecule has 0 aliphatic carbocycles. The minimum absolute atomic E-state index is 0. The summed E-state index contributed by atoms with van der Waals surface area (Å²) in [4.78, 5) is 0. The van der Waals surface area contributed by atoms with Gasteiger partial charge in [-0.05, 0) is 64.0 Å². The average molecular weight is 418 g/mol. The predicted molar refractivity (Wildman–Crippen MR) is 110 cm³/mol. The Morgan fingerprint density at radius 3 is 2.63 bits per heavy atom. The SMILES string of the molecule is CC1CC(CC(C)OC2CC(Cc3ccccc3)CCN2)NS(=O)(=O)N1.Cl. The van der Waals surface area contributed by atoms with Crippen molar-refractivity contribution < 1.29 is 13.2 Å². The van der Waals surface area contributed by atoms with Crippen LogP contribution in [0.15, 0.2) is 30.3 Å². The molecule has 0 spiro atoms. The molecule has 0 amide bonds. The van der Waals surface area contributed by atoms with Crippen LogP contribution in [-0.4, -0.2) is 39.4 Å². The molecule has 1 aromatic carbocycles. The van der Waals surface area contributed by atoms with Crippen molar-refractivity contribution in [2.24, 2.45) is 5.92 Å². The summed E-state index contributed by atoms with van der Waals surface area (Å²) in [5.41, 5.74) is 1.38. The van der Waals surface area contributed by atoms with Gasteiger partial charge in [0.2, 0.25) is 0 Å². The van der Waals surface area contributed by atoms with Crippen LogP contribution in [0, 0.1) is 5.92 Å². The van der Waals surface area contributed by atoms with E-state index < -0.39 is 10.2 Å². The van der Waals surface area contributed by atoms with E-state index in [-0.39, 0.29) is 36.8 Å². The van der Waals surface area contributed by atoms with Gasteiger partial charge in [0.15, 0.2) is 0 Å². The lowest BCUT2D eigenvalue weighted by atomic mass is 9.90. The molecule has 2 heterocycles. The third-order valence-corrected chi connectivity index (χ3v) is 6.52. The molecule has 0 aromatic heterocycles. The van der Waals surface area contributed by atoms with E-state index in [2.05, 4.69) is 45.1 Å². The molecule has 154 valence electrons. The van der Waals surface area contributed by atoms with Gasteiger partial charge >= 0.3 is 0 Å². The van der Waals surface area contributed by atoms with Gasteiger partial charge in [-0.15, -0.1) is 12.4 Å². The van der Waals surface area contributed by atoms with Gasteiger partial charge in [0.1, 0.15) is 6.23 Å². The molecular formula is C19H32ClN3O3S. The topological polar surface area (TPSA) is 79.5 Å². The van der Waals surface area contributed by atoms with Crippen LogP contribution in [0.1, 0.15) is 45.1 Å². The summed E-state index contributed by atoms with van der Waals surface area (Å²) in [6.45, 7) is 4.89. The van der Waals surface area contributed by atoms with Crippen LogP contribution in [0.2, 0.25) is 0 Å². The molecule has 2 aliphatic heterocycles. The van der Waals surface area contributed by atoms with Gasteiger partial charge < -0.3 is 4.74 Å². The Bertz CT molecular complexity index is 674. The second-order valence-corrected chi connectivity index (χ2v) is 9.26. The van der Waals surface area contributed by atoms with Crippen LogP contribution in [0.25, 0.3) is 0 Å². The zero-order valence-corrected chi connectivity index (χ0v) is 17.7. The first-order chi connectivity index (χ1) is 12.4. The normalized spacial score (nSPS) is 31.6. The summed E-state index contributed by atoms with van der Waals surface area (Å²) in [5, 5.41) is 3.45. The van der Waals surface area contributed by atoms with E-state index in [4.69, 9.17) is 4.74 Å². The molecule has 0 radical (unpaired) electrons. The monoisotopic (exact) mass is 417 g/mol. The van der Waals surface area contributed by atoms with Crippen molar-refractivity contribution in [1.82, 2.24) is 14.8 Å². The second kappa shape index (κ2) is 10.2. The van der Waals surface area contributed by atoms with E-state index in [0.29, 0.717) is 12.3 Å². The smallest absolute Gasteiger partial charge is 0.277 e. The Labute approximate surface area is 169 Å². The van der Waals surface area contributed by atoms with Crippen molar-refractivity contribution >= 4 is 22.6 Å². The van der Waals surface area contributed by atoms with Gasteiger partial charge in [-0.25, -0.2) is 0 Å². The summed E-state index contributed by atoms with van der Waals surface area (Å²) in [7, 11) is -3.37. The number of hydrogen-bond donors (Lipinski definition) is 3. The molecule has 3 rings (SSSR count). The van der Waals surface area contributed by atoms with Gasteiger partial charge in [0.25, 0.3) is 10.2 Å². The lowest BCUT2D eigenvalue weighted by Crippen LogP contribution is -2.54. The highest BCUT2D eigenvalue weighted by atomic mass is 35.5. The zero-order valence-electron chi connectivity index (χ0n) is 16.1. The maximum Gasteiger partial charge on any atom is 0.277 e. The fourth-order valence-electron chi connectivity index (χ4n) is 4.11. The average Bonchev–Trinajstić information content (AvgIpc) is 2.54. The van der Waals surface area contributed by atoms with Crippen molar-refractivity contribution in [2.75, 3.05) is 6.54 Å². The van der Waals surface area contributed by atoms with Crippen molar-refractivity contribution in [3.63, 3.8) is 0 Å². The molecule has 6 nitrogen and oxygen atoms in total. The van der Waals surface area contributed by atoms with Crippen molar-refractivity contribution in [3.05, 3.63) is 35.9 Å². The van der Waals surface area contributed by atoms with Crippen LogP contribution in [-0.2, 0) is 21.4 Å². The Hall–Kier alpha value is -0.700. The molecule has 2 fully saturated rings. The molecule has 0 bridgehead atoms. The minimum atomic E-state index is -3.37. The van der Waals surface area contributed by atoms with Crippen LogP contribution in [0.5, 0.6) is 0 Å². The van der Waals surface area contributed by atoms with E-state index in [1.165, 1.54) is 5.56 Å². The largest absolute Gasteiger partial charge is 0.360 e. The summed E-state index contributed by atoms with van der Waals surface area (Å²) < 4.78 is 35.0. The van der Waals surface area contributed by atoms with E-state index in [1.54, 1.807) is 0 Å². The fourth-order valence-corrected chi connectivity index (χ4v) is 5.44. The van der Waals surface area contributed by atoms with Gasteiger partial charge in [-0.2, -0.15) is 17.9 Å². The molecule has 0 saturated carbocycles. The molecule has 2 aliphatic rings. The lowest BCUT2D eigenvalue weighted by molar-refractivity contribution is -0.0511. The zero-order chi connectivity index (χ0) is 18.6. The van der Waals surface area contributed by atoms with Crippen LogP contribution in [0.3, 0.4) is 0 Å². The number of ether oxygens (including phenoxy) is 1. The summed E-state index contributed by atoms with van der Waals surface area (Å²) in [5.74, 6) is 0.619. The van der Waals surface area contributed by atoms with Crippen molar-refractivity contribution in [2.45, 2.75) is 70.4 Å². The molecule has 3 N–H and O–H groups in total. The predicted octanol–water partition coefficient (Wildman–Crippen LogP) is 2.36. The van der Waals surface area contributed by atoms with Crippen molar-refractivity contribution in [1.29, 1.82) is 0 Å². The standard InChI is InChI=1S/C19H31N3O3S.ClH/c1-14-10-18(22-26(23,24)21-14)11-15(2)25-19-13-17(8-9-20-19)12-16-6-4-3-5-7-16;/h3-7,14-15,17-22H,8-13H2,1-2H3;1H. The van der Waals surface area contributed by atoms with Gasteiger partial charge in [0.05, 0.1) is 6.10 Å². The number of piperidine rings is 1. The third kappa shape index (κ3) is 7.33. The molecular weight excluding hydrogens is 386 g/mol. The first-order valence-electron chi connectivity index (χ1n) is 9.62. The van der Waals surface area contributed by atoms with E-state index in [0.717, 1.165) is 32.2 Å². The lowest BCUT2D eigenvalue weighted by Gasteiger charge is -2.34. The van der Waals surface area contributed by atoms with E-state index in [1.807, 2.05) is 13.8 Å². The molecule has 5 unspecified atom stereocenters. The first kappa shape index (κ1) is 22.6. The van der Waals surface area contributed by atoms with Gasteiger partial charge in [-0.1, -0.05) is 30.3 Å². The molecule has 27 heavy (non-hydrogen) atoms. The Balaban J connectivity index is 0.00000261.